The maximum atomic E-state index is 12.6. The molecule has 0 radical (unpaired) electrons. The van der Waals surface area contributed by atoms with Gasteiger partial charge in [0.15, 0.2) is 17.5 Å². The highest BCUT2D eigenvalue weighted by molar-refractivity contribution is 5.94. The average molecular weight is 397 g/mol. The molecular weight excluding hydrogens is 373 g/mol. The molecule has 0 atom stereocenters. The van der Waals surface area contributed by atoms with Crippen LogP contribution in [0.1, 0.15) is 31.6 Å². The van der Waals surface area contributed by atoms with Crippen LogP contribution in [0, 0.1) is 12.8 Å². The Bertz CT molecular complexity index is 998. The number of fused-ring (bicyclic) bond motifs is 1. The third-order valence-electron chi connectivity index (χ3n) is 5.37. The Morgan fingerprint density at radius 3 is 2.76 bits per heavy atom. The van der Waals surface area contributed by atoms with Crippen molar-refractivity contribution >= 4 is 22.6 Å². The summed E-state index contributed by atoms with van der Waals surface area (Å²) in [7, 11) is 0. The van der Waals surface area contributed by atoms with Gasteiger partial charge in [-0.15, -0.1) is 10.2 Å². The van der Waals surface area contributed by atoms with Crippen LogP contribution in [-0.4, -0.2) is 40.3 Å². The van der Waals surface area contributed by atoms with Crippen LogP contribution in [0.25, 0.3) is 22.2 Å². The SMILES string of the molecule is Cc1ncc(-c2ccc3nnc(NC(=O)[C@H]4CC[C@H](NCCF)CC4)cc3c2)o1. The van der Waals surface area contributed by atoms with E-state index in [-0.39, 0.29) is 18.5 Å². The van der Waals surface area contributed by atoms with Crippen molar-refractivity contribution in [1.82, 2.24) is 20.5 Å². The molecule has 0 spiro atoms. The lowest BCUT2D eigenvalue weighted by Crippen LogP contribution is -2.37. The molecule has 152 valence electrons. The number of aromatic nitrogens is 3. The number of hydrogen-bond donors (Lipinski definition) is 2. The van der Waals surface area contributed by atoms with Crippen LogP contribution in [0.4, 0.5) is 10.2 Å². The molecule has 0 aliphatic heterocycles. The highest BCUT2D eigenvalue weighted by Gasteiger charge is 2.26. The molecule has 0 unspecified atom stereocenters. The molecule has 1 fully saturated rings. The van der Waals surface area contributed by atoms with Gasteiger partial charge in [0.1, 0.15) is 6.67 Å². The zero-order valence-corrected chi connectivity index (χ0v) is 16.3. The molecule has 1 amide bonds. The number of carbonyl (C=O) groups excluding carboxylic acids is 1. The minimum absolute atomic E-state index is 0.0374. The average Bonchev–Trinajstić information content (AvgIpc) is 3.18. The van der Waals surface area contributed by atoms with Gasteiger partial charge in [-0.2, -0.15) is 0 Å². The van der Waals surface area contributed by atoms with Gasteiger partial charge in [-0.3, -0.25) is 4.79 Å². The second kappa shape index (κ2) is 8.65. The van der Waals surface area contributed by atoms with E-state index in [9.17, 15) is 9.18 Å². The molecule has 29 heavy (non-hydrogen) atoms. The smallest absolute Gasteiger partial charge is 0.228 e. The number of alkyl halides is 1. The first-order valence-corrected chi connectivity index (χ1v) is 9.93. The minimum atomic E-state index is -0.362. The quantitative estimate of drug-likeness (QED) is 0.660. The Labute approximate surface area is 168 Å². The van der Waals surface area contributed by atoms with Crippen LogP contribution in [0.15, 0.2) is 34.9 Å². The summed E-state index contributed by atoms with van der Waals surface area (Å²) in [5.41, 5.74) is 1.63. The molecule has 1 saturated carbocycles. The standard InChI is InChI=1S/C21H24FN5O2/c1-13-24-12-19(29-13)15-4-7-18-16(10-15)11-20(27-26-18)25-21(28)14-2-5-17(6-3-14)23-9-8-22/h4,7,10-12,14,17,23H,2-3,5-6,8-9H2,1H3,(H,25,27,28)/t14-,17-. The Hall–Kier alpha value is -2.87. The van der Waals surface area contributed by atoms with Gasteiger partial charge < -0.3 is 15.1 Å². The third-order valence-corrected chi connectivity index (χ3v) is 5.37. The van der Waals surface area contributed by atoms with E-state index < -0.39 is 0 Å². The van der Waals surface area contributed by atoms with Gasteiger partial charge in [-0.1, -0.05) is 0 Å². The lowest BCUT2D eigenvalue weighted by atomic mass is 9.85. The van der Waals surface area contributed by atoms with E-state index in [2.05, 4.69) is 25.8 Å². The van der Waals surface area contributed by atoms with Gasteiger partial charge in [-0.25, -0.2) is 9.37 Å². The van der Waals surface area contributed by atoms with Crippen molar-refractivity contribution in [2.45, 2.75) is 38.6 Å². The number of halogens is 1. The second-order valence-electron chi connectivity index (χ2n) is 7.43. The maximum absolute atomic E-state index is 12.6. The number of benzene rings is 1. The molecule has 1 aliphatic carbocycles. The normalized spacial score (nSPS) is 19.4. The van der Waals surface area contributed by atoms with Crippen molar-refractivity contribution in [3.8, 4) is 11.3 Å². The Morgan fingerprint density at radius 2 is 2.03 bits per heavy atom. The highest BCUT2D eigenvalue weighted by Crippen LogP contribution is 2.27. The first-order chi connectivity index (χ1) is 14.1. The van der Waals surface area contributed by atoms with E-state index >= 15 is 0 Å². The summed E-state index contributed by atoms with van der Waals surface area (Å²) in [6.45, 7) is 1.82. The maximum Gasteiger partial charge on any atom is 0.228 e. The van der Waals surface area contributed by atoms with E-state index in [0.29, 0.717) is 30.1 Å². The van der Waals surface area contributed by atoms with Gasteiger partial charge in [0.05, 0.1) is 11.7 Å². The van der Waals surface area contributed by atoms with Gasteiger partial charge in [-0.05, 0) is 49.9 Å². The fourth-order valence-corrected chi connectivity index (χ4v) is 3.80. The van der Waals surface area contributed by atoms with Crippen LogP contribution in [0.2, 0.25) is 0 Å². The van der Waals surface area contributed by atoms with Gasteiger partial charge in [0.25, 0.3) is 0 Å². The van der Waals surface area contributed by atoms with Crippen molar-refractivity contribution in [1.29, 1.82) is 0 Å². The molecule has 4 rings (SSSR count). The summed E-state index contributed by atoms with van der Waals surface area (Å²) >= 11 is 0. The third kappa shape index (κ3) is 4.59. The van der Waals surface area contributed by atoms with E-state index in [0.717, 1.165) is 42.1 Å². The predicted octanol–water partition coefficient (Wildman–Crippen LogP) is 3.65. The molecule has 0 bridgehead atoms. The van der Waals surface area contributed by atoms with Crippen molar-refractivity contribution in [2.75, 3.05) is 18.5 Å². The van der Waals surface area contributed by atoms with Crippen LogP contribution < -0.4 is 10.6 Å². The van der Waals surface area contributed by atoms with Crippen molar-refractivity contribution in [2.24, 2.45) is 5.92 Å². The number of rotatable bonds is 6. The lowest BCUT2D eigenvalue weighted by molar-refractivity contribution is -0.120. The largest absolute Gasteiger partial charge is 0.441 e. The first-order valence-electron chi connectivity index (χ1n) is 9.93. The lowest BCUT2D eigenvalue weighted by Gasteiger charge is -2.28. The molecule has 3 aromatic rings. The van der Waals surface area contributed by atoms with Gasteiger partial charge in [0, 0.05) is 36.4 Å². The first kappa shape index (κ1) is 19.4. The van der Waals surface area contributed by atoms with Gasteiger partial charge in [0.2, 0.25) is 5.91 Å². The van der Waals surface area contributed by atoms with Crippen molar-refractivity contribution in [3.05, 3.63) is 36.4 Å². The molecule has 2 aromatic heterocycles. The molecule has 1 aliphatic rings. The zero-order chi connectivity index (χ0) is 20.2. The van der Waals surface area contributed by atoms with E-state index in [1.165, 1.54) is 0 Å². The predicted molar refractivity (Wildman–Crippen MR) is 108 cm³/mol. The molecule has 2 N–H and O–H groups in total. The van der Waals surface area contributed by atoms with Crippen LogP contribution in [0.5, 0.6) is 0 Å². The summed E-state index contributed by atoms with van der Waals surface area (Å²) in [4.78, 5) is 16.8. The molecule has 7 nitrogen and oxygen atoms in total. The Balaban J connectivity index is 1.43. The number of carbonyl (C=O) groups is 1. The highest BCUT2D eigenvalue weighted by atomic mass is 19.1. The van der Waals surface area contributed by atoms with Crippen molar-refractivity contribution in [3.63, 3.8) is 0 Å². The van der Waals surface area contributed by atoms with E-state index in [1.807, 2.05) is 24.3 Å². The molecule has 2 heterocycles. The van der Waals surface area contributed by atoms with Crippen LogP contribution in [-0.2, 0) is 4.79 Å². The second-order valence-corrected chi connectivity index (χ2v) is 7.43. The number of anilines is 1. The fraction of sp³-hybridized carbons (Fsp3) is 0.429. The summed E-state index contributed by atoms with van der Waals surface area (Å²) in [6, 6.07) is 7.84. The molecular formula is C21H24FN5O2. The number of amides is 1. The van der Waals surface area contributed by atoms with Crippen LogP contribution >= 0.6 is 0 Å². The number of hydrogen-bond acceptors (Lipinski definition) is 6. The number of nitrogens with one attached hydrogen (secondary N) is 2. The molecule has 8 heteroatoms. The van der Waals surface area contributed by atoms with E-state index in [4.69, 9.17) is 4.42 Å². The minimum Gasteiger partial charge on any atom is -0.441 e. The fourth-order valence-electron chi connectivity index (χ4n) is 3.80. The van der Waals surface area contributed by atoms with Crippen LogP contribution in [0.3, 0.4) is 0 Å². The summed E-state index contributed by atoms with van der Waals surface area (Å²) < 4.78 is 17.9. The molecule has 0 saturated heterocycles. The van der Waals surface area contributed by atoms with Crippen molar-refractivity contribution < 1.29 is 13.6 Å². The zero-order valence-electron chi connectivity index (χ0n) is 16.3. The van der Waals surface area contributed by atoms with E-state index in [1.54, 1.807) is 13.1 Å². The topological polar surface area (TPSA) is 92.9 Å². The molecule has 1 aromatic carbocycles. The number of nitrogens with zero attached hydrogens (tertiary/aromatic N) is 3. The monoisotopic (exact) mass is 397 g/mol. The number of aryl methyl sites for hydroxylation is 1. The Kier molecular flexibility index (Phi) is 5.80. The number of oxazole rings is 1. The van der Waals surface area contributed by atoms with Gasteiger partial charge >= 0.3 is 0 Å². The summed E-state index contributed by atoms with van der Waals surface area (Å²) in [6.07, 6.45) is 5.01. The summed E-state index contributed by atoms with van der Waals surface area (Å²) in [5.74, 6) is 1.63. The summed E-state index contributed by atoms with van der Waals surface area (Å²) in [5, 5.41) is 15.3. The Morgan fingerprint density at radius 1 is 1.21 bits per heavy atom.